The Hall–Kier alpha value is -1.85. The number of halogens is 1. The highest BCUT2D eigenvalue weighted by Gasteiger charge is 2.11. The van der Waals surface area contributed by atoms with E-state index in [0.717, 1.165) is 10.0 Å². The molecule has 0 saturated heterocycles. The summed E-state index contributed by atoms with van der Waals surface area (Å²) in [5.41, 5.74) is 7.70. The summed E-state index contributed by atoms with van der Waals surface area (Å²) < 4.78 is 6.24. The number of benzene rings is 2. The minimum Gasteiger partial charge on any atom is -0.492 e. The van der Waals surface area contributed by atoms with E-state index in [4.69, 9.17) is 10.5 Å². The third kappa shape index (κ3) is 4.06. The highest BCUT2D eigenvalue weighted by atomic mass is 79.9. The van der Waals surface area contributed by atoms with E-state index in [2.05, 4.69) is 21.2 Å². The number of nitrogens with two attached hydrogens (primary N) is 1. The van der Waals surface area contributed by atoms with Crippen molar-refractivity contribution < 1.29 is 9.53 Å². The fourth-order valence-electron chi connectivity index (χ4n) is 1.86. The van der Waals surface area contributed by atoms with Gasteiger partial charge in [0.05, 0.1) is 5.56 Å². The summed E-state index contributed by atoms with van der Waals surface area (Å²) in [6.07, 6.45) is 0. The molecule has 0 aliphatic rings. The van der Waals surface area contributed by atoms with Crippen molar-refractivity contribution in [1.82, 2.24) is 0 Å². The van der Waals surface area contributed by atoms with E-state index in [1.54, 1.807) is 12.1 Å². The molecule has 0 bridgehead atoms. The molecule has 0 unspecified atom stereocenters. The first-order chi connectivity index (χ1) is 10.1. The predicted octanol–water partition coefficient (Wildman–Crippen LogP) is 3.35. The van der Waals surface area contributed by atoms with Crippen molar-refractivity contribution in [2.24, 2.45) is 5.73 Å². The molecule has 21 heavy (non-hydrogen) atoms. The Morgan fingerprint density at radius 3 is 2.81 bits per heavy atom. The SMILES string of the molecule is Cc1cccc(C(=O)Nc2cccc(OCCN)c2)c1Br. The predicted molar refractivity (Wildman–Crippen MR) is 87.8 cm³/mol. The summed E-state index contributed by atoms with van der Waals surface area (Å²) in [4.78, 5) is 12.3. The van der Waals surface area contributed by atoms with Gasteiger partial charge in [-0.15, -0.1) is 0 Å². The normalized spacial score (nSPS) is 10.2. The number of amides is 1. The summed E-state index contributed by atoms with van der Waals surface area (Å²) >= 11 is 3.44. The van der Waals surface area contributed by atoms with E-state index in [9.17, 15) is 4.79 Å². The van der Waals surface area contributed by atoms with E-state index in [0.29, 0.717) is 30.2 Å². The molecule has 0 saturated carbocycles. The number of carbonyl (C=O) groups excluding carboxylic acids is 1. The van der Waals surface area contributed by atoms with Crippen LogP contribution in [-0.2, 0) is 0 Å². The largest absolute Gasteiger partial charge is 0.492 e. The van der Waals surface area contributed by atoms with Gasteiger partial charge in [-0.05, 0) is 46.6 Å². The Bertz CT molecular complexity index is 644. The molecule has 2 rings (SSSR count). The van der Waals surface area contributed by atoms with Gasteiger partial charge in [0.2, 0.25) is 0 Å². The summed E-state index contributed by atoms with van der Waals surface area (Å²) in [5, 5.41) is 2.86. The fourth-order valence-corrected chi connectivity index (χ4v) is 2.31. The standard InChI is InChI=1S/C16H17BrN2O2/c1-11-4-2-7-14(15(11)17)16(20)19-12-5-3-6-13(10-12)21-9-8-18/h2-7,10H,8-9,18H2,1H3,(H,19,20). The van der Waals surface area contributed by atoms with Crippen molar-refractivity contribution in [1.29, 1.82) is 0 Å². The van der Waals surface area contributed by atoms with Crippen molar-refractivity contribution in [2.75, 3.05) is 18.5 Å². The van der Waals surface area contributed by atoms with Gasteiger partial charge in [-0.3, -0.25) is 4.79 Å². The molecule has 0 aromatic heterocycles. The number of anilines is 1. The molecule has 0 aliphatic heterocycles. The molecule has 0 aliphatic carbocycles. The maximum absolute atomic E-state index is 12.3. The van der Waals surface area contributed by atoms with Crippen LogP contribution in [0.4, 0.5) is 5.69 Å². The van der Waals surface area contributed by atoms with E-state index in [1.807, 2.05) is 37.3 Å². The topological polar surface area (TPSA) is 64.3 Å². The molecule has 0 spiro atoms. The lowest BCUT2D eigenvalue weighted by molar-refractivity contribution is 0.102. The number of rotatable bonds is 5. The van der Waals surface area contributed by atoms with Crippen molar-refractivity contribution in [3.05, 3.63) is 58.1 Å². The molecule has 1 amide bonds. The van der Waals surface area contributed by atoms with Crippen molar-refractivity contribution in [3.63, 3.8) is 0 Å². The van der Waals surface area contributed by atoms with Crippen molar-refractivity contribution in [2.45, 2.75) is 6.92 Å². The van der Waals surface area contributed by atoms with E-state index >= 15 is 0 Å². The van der Waals surface area contributed by atoms with Crippen LogP contribution in [0.15, 0.2) is 46.9 Å². The molecule has 0 fully saturated rings. The van der Waals surface area contributed by atoms with Gasteiger partial charge in [0.25, 0.3) is 5.91 Å². The number of aryl methyl sites for hydroxylation is 1. The maximum Gasteiger partial charge on any atom is 0.256 e. The third-order valence-electron chi connectivity index (χ3n) is 2.91. The monoisotopic (exact) mass is 348 g/mol. The highest BCUT2D eigenvalue weighted by Crippen LogP contribution is 2.23. The third-order valence-corrected chi connectivity index (χ3v) is 3.97. The van der Waals surface area contributed by atoms with Gasteiger partial charge in [-0.2, -0.15) is 0 Å². The molecule has 0 atom stereocenters. The van der Waals surface area contributed by atoms with Crippen LogP contribution < -0.4 is 15.8 Å². The zero-order chi connectivity index (χ0) is 15.2. The van der Waals surface area contributed by atoms with Gasteiger partial charge in [0, 0.05) is 22.8 Å². The lowest BCUT2D eigenvalue weighted by Gasteiger charge is -2.10. The van der Waals surface area contributed by atoms with E-state index in [1.165, 1.54) is 0 Å². The van der Waals surface area contributed by atoms with Crippen molar-refractivity contribution >= 4 is 27.5 Å². The number of carbonyl (C=O) groups is 1. The van der Waals surface area contributed by atoms with Gasteiger partial charge >= 0.3 is 0 Å². The summed E-state index contributed by atoms with van der Waals surface area (Å²) in [7, 11) is 0. The highest BCUT2D eigenvalue weighted by molar-refractivity contribution is 9.10. The van der Waals surface area contributed by atoms with Gasteiger partial charge in [0.15, 0.2) is 0 Å². The number of nitrogens with one attached hydrogen (secondary N) is 1. The first-order valence-corrected chi connectivity index (χ1v) is 7.40. The molecule has 110 valence electrons. The summed E-state index contributed by atoms with van der Waals surface area (Å²) in [6.45, 7) is 2.84. The Balaban J connectivity index is 2.14. The van der Waals surface area contributed by atoms with Crippen LogP contribution in [0.2, 0.25) is 0 Å². The van der Waals surface area contributed by atoms with Crippen LogP contribution in [0.3, 0.4) is 0 Å². The van der Waals surface area contributed by atoms with Crippen LogP contribution in [0, 0.1) is 6.92 Å². The average Bonchev–Trinajstić information content (AvgIpc) is 2.48. The Labute approximate surface area is 132 Å². The molecule has 2 aromatic carbocycles. The van der Waals surface area contributed by atoms with Crippen LogP contribution in [0.1, 0.15) is 15.9 Å². The number of ether oxygens (including phenoxy) is 1. The van der Waals surface area contributed by atoms with Crippen LogP contribution >= 0.6 is 15.9 Å². The van der Waals surface area contributed by atoms with Crippen LogP contribution in [0.25, 0.3) is 0 Å². The lowest BCUT2D eigenvalue weighted by atomic mass is 10.1. The number of hydrogen-bond acceptors (Lipinski definition) is 3. The molecular formula is C16H17BrN2O2. The molecule has 0 radical (unpaired) electrons. The summed E-state index contributed by atoms with van der Waals surface area (Å²) in [5.74, 6) is 0.517. The van der Waals surface area contributed by atoms with Crippen molar-refractivity contribution in [3.8, 4) is 5.75 Å². The van der Waals surface area contributed by atoms with Crippen LogP contribution in [0.5, 0.6) is 5.75 Å². The Kier molecular flexibility index (Phi) is 5.36. The maximum atomic E-state index is 12.3. The molecular weight excluding hydrogens is 332 g/mol. The van der Waals surface area contributed by atoms with Gasteiger partial charge in [-0.25, -0.2) is 0 Å². The minimum absolute atomic E-state index is 0.165. The average molecular weight is 349 g/mol. The van der Waals surface area contributed by atoms with Gasteiger partial charge in [0.1, 0.15) is 12.4 Å². The first-order valence-electron chi connectivity index (χ1n) is 6.61. The minimum atomic E-state index is -0.165. The smallest absolute Gasteiger partial charge is 0.256 e. The Morgan fingerprint density at radius 1 is 1.29 bits per heavy atom. The van der Waals surface area contributed by atoms with Gasteiger partial charge in [-0.1, -0.05) is 18.2 Å². The number of hydrogen-bond donors (Lipinski definition) is 2. The second-order valence-corrected chi connectivity index (χ2v) is 5.35. The molecule has 5 heteroatoms. The molecule has 3 N–H and O–H groups in total. The molecule has 2 aromatic rings. The zero-order valence-electron chi connectivity index (χ0n) is 11.7. The van der Waals surface area contributed by atoms with Gasteiger partial charge < -0.3 is 15.8 Å². The second-order valence-electron chi connectivity index (χ2n) is 4.56. The second kappa shape index (κ2) is 7.24. The fraction of sp³-hybridized carbons (Fsp3) is 0.188. The molecule has 4 nitrogen and oxygen atoms in total. The quantitative estimate of drug-likeness (QED) is 0.870. The summed E-state index contributed by atoms with van der Waals surface area (Å²) in [6, 6.07) is 12.8. The Morgan fingerprint density at radius 2 is 2.05 bits per heavy atom. The first kappa shape index (κ1) is 15.5. The lowest BCUT2D eigenvalue weighted by Crippen LogP contribution is -2.13. The van der Waals surface area contributed by atoms with Crippen LogP contribution in [-0.4, -0.2) is 19.1 Å². The van der Waals surface area contributed by atoms with E-state index < -0.39 is 0 Å². The molecule has 0 heterocycles. The van der Waals surface area contributed by atoms with E-state index in [-0.39, 0.29) is 5.91 Å². The zero-order valence-corrected chi connectivity index (χ0v) is 13.3.